The third-order valence-electron chi connectivity index (χ3n) is 1.46. The summed E-state index contributed by atoms with van der Waals surface area (Å²) < 4.78 is 0. The second-order valence-corrected chi connectivity index (χ2v) is 2.88. The number of nitrogens with two attached hydrogens (primary N) is 1. The van der Waals surface area contributed by atoms with Crippen LogP contribution in [0.5, 0.6) is 0 Å². The Labute approximate surface area is 80.4 Å². The molecule has 3 nitrogen and oxygen atoms in total. The fourth-order valence-electron chi connectivity index (χ4n) is 0.859. The molecule has 1 aromatic carbocycles. The number of hydrogen-bond donors (Lipinski definition) is 2. The van der Waals surface area contributed by atoms with Crippen molar-refractivity contribution in [3.63, 3.8) is 0 Å². The van der Waals surface area contributed by atoms with Crippen molar-refractivity contribution >= 4 is 23.3 Å². The first-order chi connectivity index (χ1) is 6.09. The number of halogens is 1. The van der Waals surface area contributed by atoms with Gasteiger partial charge in [-0.2, -0.15) is 0 Å². The fourth-order valence-corrected chi connectivity index (χ4v) is 0.985. The van der Waals surface area contributed by atoms with Crippen molar-refractivity contribution < 1.29 is 9.90 Å². The SMILES string of the molecule is N/C(=C\C(=O)O)c1ccc(Cl)cc1. The maximum absolute atomic E-state index is 10.3. The molecule has 1 rings (SSSR count). The fraction of sp³-hybridized carbons (Fsp3) is 0. The van der Waals surface area contributed by atoms with Crippen molar-refractivity contribution in [1.29, 1.82) is 0 Å². The highest BCUT2D eigenvalue weighted by molar-refractivity contribution is 6.30. The first kappa shape index (κ1) is 9.61. The van der Waals surface area contributed by atoms with E-state index in [0.29, 0.717) is 10.6 Å². The lowest BCUT2D eigenvalue weighted by molar-refractivity contribution is -0.131. The number of aliphatic carboxylic acids is 1. The highest BCUT2D eigenvalue weighted by Gasteiger charge is 1.98. The molecule has 0 heterocycles. The summed E-state index contributed by atoms with van der Waals surface area (Å²) >= 11 is 5.65. The predicted molar refractivity (Wildman–Crippen MR) is 51.3 cm³/mol. The standard InChI is InChI=1S/C9H8ClNO2/c10-7-3-1-6(2-4-7)8(11)5-9(12)13/h1-5H,11H2,(H,12,13)/b8-5-. The molecule has 0 fully saturated rings. The molecule has 0 atom stereocenters. The molecule has 0 saturated heterocycles. The van der Waals surface area contributed by atoms with E-state index in [0.717, 1.165) is 6.08 Å². The summed E-state index contributed by atoms with van der Waals surface area (Å²) in [6, 6.07) is 6.63. The molecular weight excluding hydrogens is 190 g/mol. The summed E-state index contributed by atoms with van der Waals surface area (Å²) in [5.74, 6) is -1.06. The Morgan fingerprint density at radius 1 is 1.38 bits per heavy atom. The predicted octanol–water partition coefficient (Wildman–Crippen LogP) is 1.72. The lowest BCUT2D eigenvalue weighted by atomic mass is 10.1. The van der Waals surface area contributed by atoms with Crippen LogP contribution < -0.4 is 5.73 Å². The average Bonchev–Trinajstić information content (AvgIpc) is 2.04. The summed E-state index contributed by atoms with van der Waals surface area (Å²) in [6.45, 7) is 0. The smallest absolute Gasteiger partial charge is 0.330 e. The topological polar surface area (TPSA) is 63.3 Å². The maximum atomic E-state index is 10.3. The molecule has 0 saturated carbocycles. The lowest BCUT2D eigenvalue weighted by Crippen LogP contribution is -2.00. The van der Waals surface area contributed by atoms with Crippen molar-refractivity contribution in [3.05, 3.63) is 40.9 Å². The molecule has 0 aliphatic heterocycles. The van der Waals surface area contributed by atoms with Crippen LogP contribution in [0.25, 0.3) is 5.70 Å². The van der Waals surface area contributed by atoms with Gasteiger partial charge in [0.05, 0.1) is 0 Å². The Hall–Kier alpha value is -1.48. The van der Waals surface area contributed by atoms with Gasteiger partial charge in [0.15, 0.2) is 0 Å². The number of hydrogen-bond acceptors (Lipinski definition) is 2. The van der Waals surface area contributed by atoms with Gasteiger partial charge in [-0.3, -0.25) is 0 Å². The minimum atomic E-state index is -1.06. The number of rotatable bonds is 2. The third kappa shape index (κ3) is 2.80. The Morgan fingerprint density at radius 2 is 1.92 bits per heavy atom. The summed E-state index contributed by atoms with van der Waals surface area (Å²) in [7, 11) is 0. The van der Waals surface area contributed by atoms with Gasteiger partial charge in [-0.1, -0.05) is 23.7 Å². The molecule has 0 amide bonds. The zero-order valence-electron chi connectivity index (χ0n) is 6.70. The van der Waals surface area contributed by atoms with E-state index < -0.39 is 5.97 Å². The van der Waals surface area contributed by atoms with Crippen LogP contribution in [0.1, 0.15) is 5.56 Å². The van der Waals surface area contributed by atoms with E-state index in [-0.39, 0.29) is 5.70 Å². The second-order valence-electron chi connectivity index (χ2n) is 2.44. The Kier molecular flexibility index (Phi) is 2.93. The molecule has 0 unspecified atom stereocenters. The molecule has 0 radical (unpaired) electrons. The van der Waals surface area contributed by atoms with E-state index in [1.165, 1.54) is 0 Å². The van der Waals surface area contributed by atoms with Crippen molar-refractivity contribution in [2.75, 3.05) is 0 Å². The molecule has 0 aliphatic rings. The van der Waals surface area contributed by atoms with E-state index in [9.17, 15) is 4.79 Å². The average molecular weight is 198 g/mol. The normalized spacial score (nSPS) is 11.3. The minimum Gasteiger partial charge on any atom is -0.478 e. The molecule has 0 aromatic heterocycles. The summed E-state index contributed by atoms with van der Waals surface area (Å²) in [5, 5.41) is 9.01. The Morgan fingerprint density at radius 3 is 2.38 bits per heavy atom. The van der Waals surface area contributed by atoms with Gasteiger partial charge in [-0.05, 0) is 17.7 Å². The first-order valence-electron chi connectivity index (χ1n) is 3.55. The summed E-state index contributed by atoms with van der Waals surface area (Å²) in [4.78, 5) is 10.3. The molecule has 4 heteroatoms. The molecule has 68 valence electrons. The van der Waals surface area contributed by atoms with E-state index in [2.05, 4.69) is 0 Å². The van der Waals surface area contributed by atoms with E-state index >= 15 is 0 Å². The molecule has 3 N–H and O–H groups in total. The lowest BCUT2D eigenvalue weighted by Gasteiger charge is -1.99. The maximum Gasteiger partial charge on any atom is 0.330 e. The van der Waals surface area contributed by atoms with Gasteiger partial charge in [0, 0.05) is 16.8 Å². The minimum absolute atomic E-state index is 0.212. The number of carboxylic acids is 1. The largest absolute Gasteiger partial charge is 0.478 e. The molecular formula is C9H8ClNO2. The monoisotopic (exact) mass is 197 g/mol. The Bertz CT molecular complexity index is 343. The number of benzene rings is 1. The summed E-state index contributed by atoms with van der Waals surface area (Å²) in [6.07, 6.45) is 0.948. The zero-order chi connectivity index (χ0) is 9.84. The van der Waals surface area contributed by atoms with Crippen LogP contribution in [0.2, 0.25) is 5.02 Å². The van der Waals surface area contributed by atoms with Crippen LogP contribution in [0.3, 0.4) is 0 Å². The second kappa shape index (κ2) is 3.96. The van der Waals surface area contributed by atoms with Gasteiger partial charge in [-0.15, -0.1) is 0 Å². The van der Waals surface area contributed by atoms with Crippen LogP contribution in [0.15, 0.2) is 30.3 Å². The van der Waals surface area contributed by atoms with E-state index in [1.54, 1.807) is 24.3 Å². The third-order valence-corrected chi connectivity index (χ3v) is 1.71. The van der Waals surface area contributed by atoms with Crippen molar-refractivity contribution in [3.8, 4) is 0 Å². The van der Waals surface area contributed by atoms with Gasteiger partial charge in [0.1, 0.15) is 0 Å². The van der Waals surface area contributed by atoms with Crippen molar-refractivity contribution in [1.82, 2.24) is 0 Å². The Balaban J connectivity index is 2.96. The van der Waals surface area contributed by atoms with Gasteiger partial charge in [-0.25, -0.2) is 4.79 Å². The zero-order valence-corrected chi connectivity index (χ0v) is 7.45. The molecule has 0 spiro atoms. The molecule has 0 bridgehead atoms. The highest BCUT2D eigenvalue weighted by atomic mass is 35.5. The van der Waals surface area contributed by atoms with Crippen LogP contribution in [-0.2, 0) is 4.79 Å². The van der Waals surface area contributed by atoms with Crippen LogP contribution >= 0.6 is 11.6 Å². The molecule has 13 heavy (non-hydrogen) atoms. The van der Waals surface area contributed by atoms with Gasteiger partial charge in [0.25, 0.3) is 0 Å². The molecule has 0 aliphatic carbocycles. The number of carbonyl (C=O) groups is 1. The quantitative estimate of drug-likeness (QED) is 0.710. The van der Waals surface area contributed by atoms with Crippen LogP contribution in [0, 0.1) is 0 Å². The van der Waals surface area contributed by atoms with Crippen molar-refractivity contribution in [2.24, 2.45) is 5.73 Å². The summed E-state index contributed by atoms with van der Waals surface area (Å²) in [5.41, 5.74) is 6.34. The first-order valence-corrected chi connectivity index (χ1v) is 3.93. The van der Waals surface area contributed by atoms with Crippen LogP contribution in [-0.4, -0.2) is 11.1 Å². The van der Waals surface area contributed by atoms with Crippen LogP contribution in [0.4, 0.5) is 0 Å². The van der Waals surface area contributed by atoms with Gasteiger partial charge in [0.2, 0.25) is 0 Å². The van der Waals surface area contributed by atoms with E-state index in [4.69, 9.17) is 22.4 Å². The van der Waals surface area contributed by atoms with E-state index in [1.807, 2.05) is 0 Å². The highest BCUT2D eigenvalue weighted by Crippen LogP contribution is 2.13. The van der Waals surface area contributed by atoms with Gasteiger partial charge < -0.3 is 10.8 Å². The van der Waals surface area contributed by atoms with Gasteiger partial charge >= 0.3 is 5.97 Å². The molecule has 1 aromatic rings. The number of carboxylic acid groups (broad SMARTS) is 1. The van der Waals surface area contributed by atoms with Crippen molar-refractivity contribution in [2.45, 2.75) is 0 Å².